The minimum atomic E-state index is -0.454. The second kappa shape index (κ2) is 2.53. The molecule has 0 fully saturated rings. The summed E-state index contributed by atoms with van der Waals surface area (Å²) in [5.74, 6) is 0.442. The van der Waals surface area contributed by atoms with E-state index in [1.54, 1.807) is 6.08 Å². The predicted octanol–water partition coefficient (Wildman–Crippen LogP) is 2.32. The summed E-state index contributed by atoms with van der Waals surface area (Å²) < 4.78 is 5.39. The molecule has 1 heterocycles. The molecule has 0 saturated carbocycles. The van der Waals surface area contributed by atoms with Crippen molar-refractivity contribution in [2.45, 2.75) is 19.4 Å². The highest BCUT2D eigenvalue weighted by atomic mass is 16.5. The van der Waals surface area contributed by atoms with Gasteiger partial charge < -0.3 is 4.74 Å². The lowest BCUT2D eigenvalue weighted by atomic mass is 9.96. The van der Waals surface area contributed by atoms with Gasteiger partial charge in [0.25, 0.3) is 0 Å². The first kappa shape index (κ1) is 8.61. The zero-order chi connectivity index (χ0) is 9.35. The van der Waals surface area contributed by atoms with Crippen LogP contribution in [-0.2, 0) is 4.74 Å². The summed E-state index contributed by atoms with van der Waals surface area (Å²) in [6, 6.07) is 2.05. The third-order valence-corrected chi connectivity index (χ3v) is 1.89. The molecule has 0 N–H and O–H groups in total. The van der Waals surface area contributed by atoms with Crippen LogP contribution in [0, 0.1) is 11.3 Å². The predicted molar refractivity (Wildman–Crippen MR) is 47.1 cm³/mol. The van der Waals surface area contributed by atoms with Gasteiger partial charge in [0.15, 0.2) is 0 Å². The molecule has 0 aromatic heterocycles. The third kappa shape index (κ3) is 1.04. The summed E-state index contributed by atoms with van der Waals surface area (Å²) in [7, 11) is 0. The van der Waals surface area contributed by atoms with Gasteiger partial charge in [0, 0.05) is 5.57 Å². The molecule has 0 aromatic rings. The fraction of sp³-hybridized carbons (Fsp3) is 0.300. The summed E-state index contributed by atoms with van der Waals surface area (Å²) >= 11 is 0. The van der Waals surface area contributed by atoms with Crippen LogP contribution in [0.25, 0.3) is 0 Å². The van der Waals surface area contributed by atoms with Crippen molar-refractivity contribution in [1.82, 2.24) is 0 Å². The smallest absolute Gasteiger partial charge is 0.131 e. The van der Waals surface area contributed by atoms with E-state index in [1.807, 2.05) is 13.8 Å². The molecule has 0 radical (unpaired) electrons. The van der Waals surface area contributed by atoms with Crippen molar-refractivity contribution in [3.05, 3.63) is 36.1 Å². The number of ether oxygens (including phenoxy) is 1. The summed E-state index contributed by atoms with van der Waals surface area (Å²) in [6.07, 6.45) is 1.65. The Hall–Kier alpha value is -1.49. The van der Waals surface area contributed by atoms with Gasteiger partial charge in [0.1, 0.15) is 23.0 Å². The Balaban J connectivity index is 3.29. The van der Waals surface area contributed by atoms with E-state index in [1.165, 1.54) is 0 Å². The molecule has 0 spiro atoms. The largest absolute Gasteiger partial charge is 0.482 e. The summed E-state index contributed by atoms with van der Waals surface area (Å²) in [4.78, 5) is 0. The number of allylic oxidation sites excluding steroid dienone is 1. The van der Waals surface area contributed by atoms with E-state index >= 15 is 0 Å². The van der Waals surface area contributed by atoms with Crippen LogP contribution in [0.1, 0.15) is 13.8 Å². The van der Waals surface area contributed by atoms with Gasteiger partial charge in [0.2, 0.25) is 0 Å². The normalized spacial score (nSPS) is 20.2. The number of nitrogens with zero attached hydrogens (tertiary/aromatic N) is 1. The monoisotopic (exact) mass is 161 g/mol. The van der Waals surface area contributed by atoms with Crippen LogP contribution in [0.15, 0.2) is 36.1 Å². The summed E-state index contributed by atoms with van der Waals surface area (Å²) in [5, 5.41) is 8.77. The molecule has 12 heavy (non-hydrogen) atoms. The molecule has 0 aliphatic carbocycles. The quantitative estimate of drug-likeness (QED) is 0.591. The molecule has 0 unspecified atom stereocenters. The lowest BCUT2D eigenvalue weighted by Crippen LogP contribution is -2.20. The lowest BCUT2D eigenvalue weighted by molar-refractivity contribution is 0.0971. The highest BCUT2D eigenvalue weighted by Crippen LogP contribution is 2.37. The molecule has 1 aliphatic heterocycles. The molecule has 2 nitrogen and oxygen atoms in total. The molecule has 0 bridgehead atoms. The average Bonchev–Trinajstić information content (AvgIpc) is 2.18. The van der Waals surface area contributed by atoms with E-state index in [9.17, 15) is 0 Å². The molecular weight excluding hydrogens is 150 g/mol. The van der Waals surface area contributed by atoms with Crippen molar-refractivity contribution in [2.75, 3.05) is 0 Å². The molecule has 0 saturated heterocycles. The van der Waals surface area contributed by atoms with E-state index in [0.717, 1.165) is 5.57 Å². The Bertz CT molecular complexity index is 315. The van der Waals surface area contributed by atoms with Crippen molar-refractivity contribution in [2.24, 2.45) is 0 Å². The Labute approximate surface area is 72.5 Å². The van der Waals surface area contributed by atoms with Crippen molar-refractivity contribution >= 4 is 0 Å². The van der Waals surface area contributed by atoms with Gasteiger partial charge >= 0.3 is 0 Å². The summed E-state index contributed by atoms with van der Waals surface area (Å²) in [6.45, 7) is 11.1. The van der Waals surface area contributed by atoms with Gasteiger partial charge in [-0.1, -0.05) is 19.2 Å². The number of hydrogen-bond donors (Lipinski definition) is 0. The van der Waals surface area contributed by atoms with Gasteiger partial charge in [-0.25, -0.2) is 0 Å². The zero-order valence-corrected chi connectivity index (χ0v) is 7.35. The highest BCUT2D eigenvalue weighted by Gasteiger charge is 2.35. The molecule has 2 heteroatoms. The van der Waals surface area contributed by atoms with Crippen molar-refractivity contribution in [3.8, 4) is 6.07 Å². The third-order valence-electron chi connectivity index (χ3n) is 1.89. The fourth-order valence-corrected chi connectivity index (χ4v) is 1.34. The number of rotatable bonds is 1. The molecule has 62 valence electrons. The van der Waals surface area contributed by atoms with Crippen LogP contribution in [-0.4, -0.2) is 5.60 Å². The van der Waals surface area contributed by atoms with Gasteiger partial charge in [-0.3, -0.25) is 0 Å². The minimum Gasteiger partial charge on any atom is -0.482 e. The van der Waals surface area contributed by atoms with E-state index in [4.69, 9.17) is 10.00 Å². The molecule has 0 atom stereocenters. The number of nitriles is 1. The van der Waals surface area contributed by atoms with Crippen molar-refractivity contribution < 1.29 is 4.74 Å². The second-order valence-electron chi connectivity index (χ2n) is 3.14. The molecule has 1 aliphatic rings. The molecule has 1 rings (SSSR count). The molecular formula is C10H11NO. The Kier molecular flexibility index (Phi) is 1.81. The Morgan fingerprint density at radius 1 is 1.58 bits per heavy atom. The maximum absolute atomic E-state index is 8.77. The van der Waals surface area contributed by atoms with Crippen molar-refractivity contribution in [1.29, 1.82) is 5.26 Å². The lowest BCUT2D eigenvalue weighted by Gasteiger charge is -2.19. The first-order valence-corrected chi connectivity index (χ1v) is 3.68. The molecule has 0 aromatic carbocycles. The first-order valence-electron chi connectivity index (χ1n) is 3.68. The fourth-order valence-electron chi connectivity index (χ4n) is 1.34. The Morgan fingerprint density at radius 3 is 2.50 bits per heavy atom. The van der Waals surface area contributed by atoms with E-state index in [0.29, 0.717) is 11.3 Å². The van der Waals surface area contributed by atoms with E-state index < -0.39 is 5.60 Å². The van der Waals surface area contributed by atoms with Crippen LogP contribution >= 0.6 is 0 Å². The first-order chi connectivity index (χ1) is 5.53. The standard InChI is InChI=1S/C10H11NO/c1-5-9-8(6-11)7(2)12-10(9,3)4/h5H,1-2H2,3-4H3. The maximum atomic E-state index is 8.77. The van der Waals surface area contributed by atoms with Crippen LogP contribution in [0.2, 0.25) is 0 Å². The van der Waals surface area contributed by atoms with E-state index in [-0.39, 0.29) is 0 Å². The average molecular weight is 161 g/mol. The maximum Gasteiger partial charge on any atom is 0.131 e. The van der Waals surface area contributed by atoms with Crippen LogP contribution in [0.3, 0.4) is 0 Å². The van der Waals surface area contributed by atoms with Crippen LogP contribution < -0.4 is 0 Å². The van der Waals surface area contributed by atoms with Gasteiger partial charge in [-0.2, -0.15) is 5.26 Å². The molecule has 0 amide bonds. The number of hydrogen-bond acceptors (Lipinski definition) is 2. The van der Waals surface area contributed by atoms with E-state index in [2.05, 4.69) is 19.2 Å². The van der Waals surface area contributed by atoms with Gasteiger partial charge in [0.05, 0.1) is 0 Å². The second-order valence-corrected chi connectivity index (χ2v) is 3.14. The van der Waals surface area contributed by atoms with Gasteiger partial charge in [-0.15, -0.1) is 0 Å². The topological polar surface area (TPSA) is 33.0 Å². The highest BCUT2D eigenvalue weighted by molar-refractivity contribution is 5.52. The summed E-state index contributed by atoms with van der Waals surface area (Å²) in [5.41, 5.74) is 0.870. The van der Waals surface area contributed by atoms with Gasteiger partial charge in [-0.05, 0) is 13.8 Å². The zero-order valence-electron chi connectivity index (χ0n) is 7.35. The Morgan fingerprint density at radius 2 is 2.17 bits per heavy atom. The van der Waals surface area contributed by atoms with Crippen LogP contribution in [0.4, 0.5) is 0 Å². The minimum absolute atomic E-state index is 0.442. The SMILES string of the molecule is C=CC1=C(C#N)C(=C)OC1(C)C. The van der Waals surface area contributed by atoms with Crippen LogP contribution in [0.5, 0.6) is 0 Å². The van der Waals surface area contributed by atoms with Crippen molar-refractivity contribution in [3.63, 3.8) is 0 Å².